The fourth-order valence-corrected chi connectivity index (χ4v) is 6.43. The SMILES string of the molecule is Cc1ccc(S(=O)(=O)n2c(S(=O)Cc3nccc(OCC(F)(F)F)c3C)nc3ccccc32)cc1. The first-order valence-electron chi connectivity index (χ1n) is 10.3. The van der Waals surface area contributed by atoms with Crippen LogP contribution in [0.2, 0.25) is 0 Å². The van der Waals surface area contributed by atoms with Gasteiger partial charge in [-0.2, -0.15) is 13.2 Å². The van der Waals surface area contributed by atoms with Crippen molar-refractivity contribution in [3.8, 4) is 5.75 Å². The van der Waals surface area contributed by atoms with Gasteiger partial charge in [-0.1, -0.05) is 29.8 Å². The number of aromatic nitrogens is 3. The van der Waals surface area contributed by atoms with Crippen LogP contribution < -0.4 is 4.74 Å². The lowest BCUT2D eigenvalue weighted by molar-refractivity contribution is -0.153. The zero-order chi connectivity index (χ0) is 25.4. The molecule has 0 aliphatic rings. The summed E-state index contributed by atoms with van der Waals surface area (Å²) in [6.07, 6.45) is -3.27. The topological polar surface area (TPSA) is 91.2 Å². The van der Waals surface area contributed by atoms with E-state index < -0.39 is 33.6 Å². The summed E-state index contributed by atoms with van der Waals surface area (Å²) in [7, 11) is -6.17. The largest absolute Gasteiger partial charge is 0.484 e. The van der Waals surface area contributed by atoms with Crippen molar-refractivity contribution in [2.24, 2.45) is 0 Å². The third-order valence-corrected chi connectivity index (χ3v) is 8.22. The monoisotopic (exact) mass is 523 g/mol. The minimum atomic E-state index is -4.52. The van der Waals surface area contributed by atoms with Crippen LogP contribution in [0.3, 0.4) is 0 Å². The Morgan fingerprint density at radius 1 is 1.03 bits per heavy atom. The molecule has 0 saturated carbocycles. The molecule has 0 aliphatic heterocycles. The van der Waals surface area contributed by atoms with Crippen LogP contribution in [0.4, 0.5) is 13.2 Å². The molecule has 2 aromatic carbocycles. The molecular weight excluding hydrogens is 503 g/mol. The first kappa shape index (κ1) is 24.9. The van der Waals surface area contributed by atoms with E-state index in [1.165, 1.54) is 31.3 Å². The summed E-state index contributed by atoms with van der Waals surface area (Å²) in [6.45, 7) is 1.84. The Hall–Kier alpha value is -3.25. The molecule has 184 valence electrons. The predicted octanol–water partition coefficient (Wildman–Crippen LogP) is 4.53. The van der Waals surface area contributed by atoms with E-state index >= 15 is 0 Å². The van der Waals surface area contributed by atoms with Crippen molar-refractivity contribution in [1.82, 2.24) is 13.9 Å². The third-order valence-electron chi connectivity index (χ3n) is 5.17. The molecule has 4 aromatic rings. The average Bonchev–Trinajstić information content (AvgIpc) is 3.20. The lowest BCUT2D eigenvalue weighted by atomic mass is 10.2. The molecule has 0 radical (unpaired) electrons. The van der Waals surface area contributed by atoms with Gasteiger partial charge in [0.15, 0.2) is 6.61 Å². The number of nitrogens with zero attached hydrogens (tertiary/aromatic N) is 3. The summed E-state index contributed by atoms with van der Waals surface area (Å²) < 4.78 is 84.0. The molecule has 0 fully saturated rings. The van der Waals surface area contributed by atoms with E-state index in [1.54, 1.807) is 36.4 Å². The lowest BCUT2D eigenvalue weighted by Gasteiger charge is -2.14. The Balaban J connectivity index is 1.75. The summed E-state index contributed by atoms with van der Waals surface area (Å²) in [5, 5.41) is -0.213. The Kier molecular flexibility index (Phi) is 6.69. The van der Waals surface area contributed by atoms with E-state index in [0.717, 1.165) is 9.54 Å². The number of fused-ring (bicyclic) bond motifs is 1. The van der Waals surface area contributed by atoms with Crippen LogP contribution in [0.1, 0.15) is 16.8 Å². The van der Waals surface area contributed by atoms with Gasteiger partial charge in [0.05, 0.1) is 38.2 Å². The minimum absolute atomic E-state index is 0.00126. The van der Waals surface area contributed by atoms with Gasteiger partial charge in [-0.05, 0) is 44.2 Å². The van der Waals surface area contributed by atoms with Crippen molar-refractivity contribution >= 4 is 31.9 Å². The van der Waals surface area contributed by atoms with Crippen LogP contribution in [0.25, 0.3) is 11.0 Å². The molecule has 35 heavy (non-hydrogen) atoms. The zero-order valence-corrected chi connectivity index (χ0v) is 20.2. The highest BCUT2D eigenvalue weighted by atomic mass is 32.2. The molecule has 0 aliphatic carbocycles. The molecule has 0 bridgehead atoms. The first-order chi connectivity index (χ1) is 16.5. The standard InChI is InChI=1S/C23H20F3N3O4S2/c1-15-7-9-17(10-8-15)35(31,32)29-20-6-4-3-5-18(20)28-22(29)34(30)13-19-16(2)21(11-12-27-19)33-14-23(24,25)26/h3-12H,13-14H2,1-2H3. The van der Waals surface area contributed by atoms with Crippen LogP contribution >= 0.6 is 0 Å². The summed E-state index contributed by atoms with van der Waals surface area (Å²) in [5.41, 5.74) is 1.93. The summed E-state index contributed by atoms with van der Waals surface area (Å²) >= 11 is 0. The number of hydrogen-bond donors (Lipinski definition) is 0. The first-order valence-corrected chi connectivity index (χ1v) is 13.1. The van der Waals surface area contributed by atoms with Crippen LogP contribution in [0.5, 0.6) is 5.75 Å². The second kappa shape index (κ2) is 9.42. The molecule has 0 spiro atoms. The van der Waals surface area contributed by atoms with Crippen molar-refractivity contribution in [2.75, 3.05) is 6.61 Å². The number of hydrogen-bond acceptors (Lipinski definition) is 6. The average molecular weight is 524 g/mol. The fourth-order valence-electron chi connectivity index (χ4n) is 3.38. The second-order valence-electron chi connectivity index (χ2n) is 7.74. The molecule has 2 aromatic heterocycles. The minimum Gasteiger partial charge on any atom is -0.484 e. The molecule has 0 amide bonds. The second-order valence-corrected chi connectivity index (χ2v) is 10.9. The number of halogens is 3. The number of ether oxygens (including phenoxy) is 1. The molecule has 0 saturated heterocycles. The van der Waals surface area contributed by atoms with Gasteiger partial charge in [0.25, 0.3) is 10.0 Å². The van der Waals surface area contributed by atoms with Crippen molar-refractivity contribution < 1.29 is 30.5 Å². The highest BCUT2D eigenvalue weighted by Gasteiger charge is 2.30. The van der Waals surface area contributed by atoms with Crippen molar-refractivity contribution in [1.29, 1.82) is 0 Å². The quantitative estimate of drug-likeness (QED) is 0.353. The van der Waals surface area contributed by atoms with Gasteiger partial charge in [-0.25, -0.2) is 17.4 Å². The third kappa shape index (κ3) is 5.22. The van der Waals surface area contributed by atoms with Gasteiger partial charge in [-0.3, -0.25) is 9.19 Å². The summed E-state index contributed by atoms with van der Waals surface area (Å²) in [6, 6.07) is 14.0. The number of benzene rings is 2. The molecule has 12 heteroatoms. The lowest BCUT2D eigenvalue weighted by Crippen LogP contribution is -2.20. The predicted molar refractivity (Wildman–Crippen MR) is 124 cm³/mol. The molecule has 1 atom stereocenters. The normalized spacial score (nSPS) is 13.2. The maximum Gasteiger partial charge on any atom is 0.422 e. The van der Waals surface area contributed by atoms with Gasteiger partial charge in [-0.15, -0.1) is 0 Å². The van der Waals surface area contributed by atoms with Crippen molar-refractivity contribution in [3.63, 3.8) is 0 Å². The highest BCUT2D eigenvalue weighted by Crippen LogP contribution is 2.28. The zero-order valence-electron chi connectivity index (χ0n) is 18.6. The molecular formula is C23H20F3N3O4S2. The van der Waals surface area contributed by atoms with Crippen LogP contribution in [-0.4, -0.2) is 39.4 Å². The van der Waals surface area contributed by atoms with Crippen LogP contribution in [0, 0.1) is 13.8 Å². The maximum atomic E-state index is 13.5. The number of rotatable bonds is 7. The van der Waals surface area contributed by atoms with Crippen LogP contribution in [-0.2, 0) is 26.6 Å². The molecule has 4 rings (SSSR count). The summed E-state index contributed by atoms with van der Waals surface area (Å²) in [5.74, 6) is -0.327. The van der Waals surface area contributed by atoms with E-state index in [1.807, 2.05) is 6.92 Å². The van der Waals surface area contributed by atoms with Crippen LogP contribution in [0.15, 0.2) is 70.8 Å². The number of imidazole rings is 1. The molecule has 1 unspecified atom stereocenters. The number of pyridine rings is 1. The molecule has 2 heterocycles. The number of para-hydroxylation sites is 2. The summed E-state index contributed by atoms with van der Waals surface area (Å²) in [4.78, 5) is 8.44. The van der Waals surface area contributed by atoms with Crippen molar-refractivity contribution in [2.45, 2.75) is 35.8 Å². The van der Waals surface area contributed by atoms with E-state index in [-0.39, 0.29) is 38.3 Å². The van der Waals surface area contributed by atoms with E-state index in [4.69, 9.17) is 4.74 Å². The van der Waals surface area contributed by atoms with E-state index in [9.17, 15) is 25.8 Å². The van der Waals surface area contributed by atoms with E-state index in [2.05, 4.69) is 9.97 Å². The van der Waals surface area contributed by atoms with Gasteiger partial charge in [0, 0.05) is 11.8 Å². The van der Waals surface area contributed by atoms with Gasteiger partial charge in [0.1, 0.15) is 5.75 Å². The van der Waals surface area contributed by atoms with Crippen molar-refractivity contribution in [3.05, 3.63) is 77.6 Å². The Labute approximate surface area is 202 Å². The number of aryl methyl sites for hydroxylation is 1. The van der Waals surface area contributed by atoms with Gasteiger partial charge < -0.3 is 4.74 Å². The highest BCUT2D eigenvalue weighted by molar-refractivity contribution is 7.91. The molecule has 0 N–H and O–H groups in total. The van der Waals surface area contributed by atoms with E-state index in [0.29, 0.717) is 5.52 Å². The van der Waals surface area contributed by atoms with Gasteiger partial charge >= 0.3 is 6.18 Å². The molecule has 7 nitrogen and oxygen atoms in total. The van der Waals surface area contributed by atoms with Gasteiger partial charge in [0.2, 0.25) is 5.16 Å². The Morgan fingerprint density at radius 3 is 2.40 bits per heavy atom. The fraction of sp³-hybridized carbons (Fsp3) is 0.217. The Morgan fingerprint density at radius 2 is 1.71 bits per heavy atom. The Bertz CT molecular complexity index is 1520. The maximum absolute atomic E-state index is 13.5. The smallest absolute Gasteiger partial charge is 0.422 e. The number of alkyl halides is 3.